The summed E-state index contributed by atoms with van der Waals surface area (Å²) in [6.07, 6.45) is 5.24. The highest BCUT2D eigenvalue weighted by molar-refractivity contribution is 4.87. The molecule has 0 radical (unpaired) electrons. The molecule has 2 heterocycles. The van der Waals surface area contributed by atoms with Crippen molar-refractivity contribution in [1.82, 2.24) is 15.1 Å². The molecule has 2 fully saturated rings. The predicted molar refractivity (Wildman–Crippen MR) is 88.7 cm³/mol. The maximum atomic E-state index is 5.81. The van der Waals surface area contributed by atoms with E-state index in [4.69, 9.17) is 4.74 Å². The van der Waals surface area contributed by atoms with Gasteiger partial charge in [0.1, 0.15) is 0 Å². The van der Waals surface area contributed by atoms with Crippen molar-refractivity contribution < 1.29 is 4.74 Å². The highest BCUT2D eigenvalue weighted by Crippen LogP contribution is 2.29. The number of piperidine rings is 1. The molecule has 1 unspecified atom stereocenters. The normalized spacial score (nSPS) is 29.1. The van der Waals surface area contributed by atoms with Gasteiger partial charge in [-0.2, -0.15) is 0 Å². The summed E-state index contributed by atoms with van der Waals surface area (Å²) in [5.41, 5.74) is 0.328. The fourth-order valence-electron chi connectivity index (χ4n) is 3.94. The van der Waals surface area contributed by atoms with Gasteiger partial charge in [0, 0.05) is 31.7 Å². The Hall–Kier alpha value is -0.160. The minimum absolute atomic E-state index is 0.328. The van der Waals surface area contributed by atoms with Crippen LogP contribution in [0.5, 0.6) is 0 Å². The van der Waals surface area contributed by atoms with E-state index < -0.39 is 0 Å². The average Bonchev–Trinajstić information content (AvgIpc) is 2.48. The van der Waals surface area contributed by atoms with Gasteiger partial charge in [-0.1, -0.05) is 6.92 Å². The van der Waals surface area contributed by atoms with Crippen LogP contribution in [0.2, 0.25) is 0 Å². The van der Waals surface area contributed by atoms with Gasteiger partial charge in [-0.3, -0.25) is 0 Å². The largest absolute Gasteiger partial charge is 0.381 e. The zero-order chi connectivity index (χ0) is 15.1. The molecule has 2 aliphatic heterocycles. The molecule has 4 heteroatoms. The molecule has 0 spiro atoms. The van der Waals surface area contributed by atoms with Crippen molar-refractivity contribution in [2.75, 3.05) is 66.6 Å². The van der Waals surface area contributed by atoms with Crippen molar-refractivity contribution >= 4 is 0 Å². The van der Waals surface area contributed by atoms with E-state index in [9.17, 15) is 0 Å². The molecule has 2 rings (SSSR count). The topological polar surface area (TPSA) is 27.7 Å². The molecule has 0 saturated carbocycles. The molecular weight excluding hydrogens is 262 g/mol. The molecule has 0 bridgehead atoms. The second-order valence-corrected chi connectivity index (χ2v) is 7.38. The monoisotopic (exact) mass is 297 g/mol. The van der Waals surface area contributed by atoms with E-state index in [1.54, 1.807) is 0 Å². The van der Waals surface area contributed by atoms with Crippen molar-refractivity contribution in [1.29, 1.82) is 0 Å². The van der Waals surface area contributed by atoms with Crippen LogP contribution in [0.3, 0.4) is 0 Å². The number of rotatable bonds is 7. The number of hydrogen-bond acceptors (Lipinski definition) is 4. The standard InChI is InChI=1S/C17H35N3O/c1-4-18-13-17(8-5-11-21-15-17)14-20(3)12-16-6-9-19(2)10-7-16/h16,18H,4-15H2,1-3H3. The highest BCUT2D eigenvalue weighted by atomic mass is 16.5. The van der Waals surface area contributed by atoms with Gasteiger partial charge in [0.2, 0.25) is 0 Å². The Kier molecular flexibility index (Phi) is 6.93. The minimum atomic E-state index is 0.328. The summed E-state index contributed by atoms with van der Waals surface area (Å²) in [6, 6.07) is 0. The van der Waals surface area contributed by atoms with Crippen LogP contribution in [0.25, 0.3) is 0 Å². The van der Waals surface area contributed by atoms with Crippen LogP contribution in [-0.2, 0) is 4.74 Å². The van der Waals surface area contributed by atoms with Crippen molar-refractivity contribution in [3.63, 3.8) is 0 Å². The summed E-state index contributed by atoms with van der Waals surface area (Å²) in [5.74, 6) is 0.881. The molecule has 0 aromatic carbocycles. The van der Waals surface area contributed by atoms with E-state index in [1.807, 2.05) is 0 Å². The van der Waals surface area contributed by atoms with E-state index in [2.05, 4.69) is 36.1 Å². The third kappa shape index (κ3) is 5.51. The lowest BCUT2D eigenvalue weighted by atomic mass is 9.81. The first-order valence-electron chi connectivity index (χ1n) is 8.79. The molecule has 0 aliphatic carbocycles. The average molecular weight is 297 g/mol. The lowest BCUT2D eigenvalue weighted by molar-refractivity contribution is -0.0250. The third-order valence-corrected chi connectivity index (χ3v) is 5.17. The van der Waals surface area contributed by atoms with Gasteiger partial charge in [0.25, 0.3) is 0 Å². The second-order valence-electron chi connectivity index (χ2n) is 7.38. The molecule has 0 aromatic rings. The van der Waals surface area contributed by atoms with Crippen LogP contribution in [0.15, 0.2) is 0 Å². The summed E-state index contributed by atoms with van der Waals surface area (Å²) in [7, 11) is 4.55. The molecule has 2 saturated heterocycles. The SMILES string of the molecule is CCNCC1(CN(C)CC2CCN(C)CC2)CCCOC1. The van der Waals surface area contributed by atoms with Gasteiger partial charge in [-0.15, -0.1) is 0 Å². The molecule has 21 heavy (non-hydrogen) atoms. The predicted octanol–water partition coefficient (Wildman–Crippen LogP) is 1.67. The Labute approximate surface area is 131 Å². The maximum absolute atomic E-state index is 5.81. The van der Waals surface area contributed by atoms with E-state index in [0.29, 0.717) is 5.41 Å². The molecule has 0 amide bonds. The van der Waals surface area contributed by atoms with E-state index in [0.717, 1.165) is 32.2 Å². The molecule has 1 atom stereocenters. The van der Waals surface area contributed by atoms with Gasteiger partial charge < -0.3 is 19.9 Å². The molecule has 4 nitrogen and oxygen atoms in total. The fourth-order valence-corrected chi connectivity index (χ4v) is 3.94. The fraction of sp³-hybridized carbons (Fsp3) is 1.00. The molecule has 0 aromatic heterocycles. The number of nitrogens with one attached hydrogen (secondary N) is 1. The highest BCUT2D eigenvalue weighted by Gasteiger charge is 2.34. The molecule has 124 valence electrons. The zero-order valence-corrected chi connectivity index (χ0v) is 14.4. The van der Waals surface area contributed by atoms with Crippen LogP contribution in [0.4, 0.5) is 0 Å². The number of nitrogens with zero attached hydrogens (tertiary/aromatic N) is 2. The van der Waals surface area contributed by atoms with Crippen LogP contribution in [0.1, 0.15) is 32.6 Å². The molecular formula is C17H35N3O. The number of hydrogen-bond donors (Lipinski definition) is 1. The third-order valence-electron chi connectivity index (χ3n) is 5.17. The first-order valence-corrected chi connectivity index (χ1v) is 8.79. The summed E-state index contributed by atoms with van der Waals surface area (Å²) in [4.78, 5) is 5.03. The van der Waals surface area contributed by atoms with Gasteiger partial charge in [0.15, 0.2) is 0 Å². The van der Waals surface area contributed by atoms with E-state index in [1.165, 1.54) is 51.9 Å². The Morgan fingerprint density at radius 3 is 2.71 bits per heavy atom. The summed E-state index contributed by atoms with van der Waals surface area (Å²) >= 11 is 0. The minimum Gasteiger partial charge on any atom is -0.381 e. The first-order chi connectivity index (χ1) is 10.1. The van der Waals surface area contributed by atoms with Gasteiger partial charge >= 0.3 is 0 Å². The smallest absolute Gasteiger partial charge is 0.0546 e. The lowest BCUT2D eigenvalue weighted by Gasteiger charge is -2.41. The zero-order valence-electron chi connectivity index (χ0n) is 14.4. The number of likely N-dealkylation sites (tertiary alicyclic amines) is 1. The summed E-state index contributed by atoms with van der Waals surface area (Å²) in [5, 5.41) is 3.56. The second kappa shape index (κ2) is 8.47. The molecule has 2 aliphatic rings. The first kappa shape index (κ1) is 17.2. The van der Waals surface area contributed by atoms with Crippen molar-refractivity contribution in [2.24, 2.45) is 11.3 Å². The Morgan fingerprint density at radius 1 is 1.33 bits per heavy atom. The van der Waals surface area contributed by atoms with Crippen LogP contribution < -0.4 is 5.32 Å². The Morgan fingerprint density at radius 2 is 2.10 bits per heavy atom. The number of ether oxygens (including phenoxy) is 1. The Balaban J connectivity index is 1.81. The lowest BCUT2D eigenvalue weighted by Crippen LogP contribution is -2.49. The van der Waals surface area contributed by atoms with Crippen LogP contribution in [-0.4, -0.2) is 76.4 Å². The summed E-state index contributed by atoms with van der Waals surface area (Å²) in [6.45, 7) is 11.2. The Bertz CT molecular complexity index is 284. The van der Waals surface area contributed by atoms with Gasteiger partial charge in [-0.05, 0) is 65.3 Å². The maximum Gasteiger partial charge on any atom is 0.0546 e. The van der Waals surface area contributed by atoms with Crippen molar-refractivity contribution in [3.05, 3.63) is 0 Å². The quantitative estimate of drug-likeness (QED) is 0.773. The van der Waals surface area contributed by atoms with Crippen LogP contribution >= 0.6 is 0 Å². The van der Waals surface area contributed by atoms with Gasteiger partial charge in [-0.25, -0.2) is 0 Å². The van der Waals surface area contributed by atoms with Crippen molar-refractivity contribution in [2.45, 2.75) is 32.6 Å². The molecule has 1 N–H and O–H groups in total. The summed E-state index contributed by atoms with van der Waals surface area (Å²) < 4.78 is 5.81. The van der Waals surface area contributed by atoms with Crippen molar-refractivity contribution in [3.8, 4) is 0 Å². The van der Waals surface area contributed by atoms with E-state index >= 15 is 0 Å². The van der Waals surface area contributed by atoms with Crippen LogP contribution in [0, 0.1) is 11.3 Å². The van der Waals surface area contributed by atoms with E-state index in [-0.39, 0.29) is 0 Å². The van der Waals surface area contributed by atoms with Gasteiger partial charge in [0.05, 0.1) is 6.61 Å².